The number of hydrogen-bond donors (Lipinski definition) is 0. The Labute approximate surface area is 207 Å². The fraction of sp³-hybridized carbons (Fsp3) is 0.360. The molecule has 1 aliphatic heterocycles. The van der Waals surface area contributed by atoms with E-state index in [9.17, 15) is 26.4 Å². The molecule has 3 aromatic rings. The van der Waals surface area contributed by atoms with Crippen molar-refractivity contribution in [3.63, 3.8) is 0 Å². The number of nitrogens with zero attached hydrogens (tertiary/aromatic N) is 3. The molecule has 1 amide bonds. The summed E-state index contributed by atoms with van der Waals surface area (Å²) in [6.07, 6.45) is -0.289. The van der Waals surface area contributed by atoms with E-state index in [1.165, 1.54) is 33.8 Å². The summed E-state index contributed by atoms with van der Waals surface area (Å²) in [4.78, 5) is 14.9. The van der Waals surface area contributed by atoms with Gasteiger partial charge in [-0.25, -0.2) is 26.3 Å². The monoisotopic (exact) mass is 521 g/mol. The van der Waals surface area contributed by atoms with E-state index in [0.29, 0.717) is 17.9 Å². The van der Waals surface area contributed by atoms with Crippen LogP contribution in [0.5, 0.6) is 5.75 Å². The predicted octanol–water partition coefficient (Wildman–Crippen LogP) is 4.93. The first-order valence-electron chi connectivity index (χ1n) is 11.1. The first-order chi connectivity index (χ1) is 16.7. The van der Waals surface area contributed by atoms with Crippen LogP contribution in [0.4, 0.5) is 13.2 Å². The Morgan fingerprint density at radius 3 is 2.47 bits per heavy atom. The van der Waals surface area contributed by atoms with Crippen molar-refractivity contribution in [1.82, 2.24) is 14.7 Å². The first kappa shape index (κ1) is 25.7. The fourth-order valence-corrected chi connectivity index (χ4v) is 4.41. The molecule has 4 rings (SSSR count). The Morgan fingerprint density at radius 2 is 1.86 bits per heavy atom. The van der Waals surface area contributed by atoms with Gasteiger partial charge in [-0.1, -0.05) is 20.8 Å². The van der Waals surface area contributed by atoms with Crippen molar-refractivity contribution >= 4 is 15.7 Å². The molecule has 0 unspecified atom stereocenters. The number of rotatable bonds is 6. The van der Waals surface area contributed by atoms with E-state index in [0.717, 1.165) is 18.4 Å². The van der Waals surface area contributed by atoms with Crippen LogP contribution in [0.2, 0.25) is 0 Å². The van der Waals surface area contributed by atoms with Gasteiger partial charge in [-0.15, -0.1) is 0 Å². The molecule has 7 nitrogen and oxygen atoms in total. The van der Waals surface area contributed by atoms with E-state index in [1.54, 1.807) is 6.20 Å². The lowest BCUT2D eigenvalue weighted by Crippen LogP contribution is -2.27. The number of carbonyl (C=O) groups excluding carboxylic acids is 1. The molecule has 36 heavy (non-hydrogen) atoms. The van der Waals surface area contributed by atoms with Gasteiger partial charge in [-0.05, 0) is 41.8 Å². The molecule has 0 bridgehead atoms. The lowest BCUT2D eigenvalue weighted by Gasteiger charge is -2.22. The average molecular weight is 522 g/mol. The largest absolute Gasteiger partial charge is 0.492 e. The molecule has 0 saturated carbocycles. The number of benzene rings is 2. The Bertz CT molecular complexity index is 1410. The van der Waals surface area contributed by atoms with Crippen LogP contribution < -0.4 is 4.74 Å². The minimum absolute atomic E-state index is 0.00206. The summed E-state index contributed by atoms with van der Waals surface area (Å²) in [5.41, 5.74) is 0.755. The molecule has 0 N–H and O–H groups in total. The second-order valence-electron chi connectivity index (χ2n) is 9.99. The Morgan fingerprint density at radius 1 is 1.14 bits per heavy atom. The van der Waals surface area contributed by atoms with Crippen molar-refractivity contribution in [2.24, 2.45) is 5.41 Å². The molecule has 0 spiro atoms. The summed E-state index contributed by atoms with van der Waals surface area (Å²) in [6, 6.07) is 7.57. The second-order valence-corrected chi connectivity index (χ2v) is 12.0. The van der Waals surface area contributed by atoms with Crippen LogP contribution in [0, 0.1) is 11.2 Å². The van der Waals surface area contributed by atoms with E-state index in [-0.39, 0.29) is 40.4 Å². The average Bonchev–Trinajstić information content (AvgIpc) is 3.35. The molecule has 0 atom stereocenters. The van der Waals surface area contributed by atoms with Gasteiger partial charge in [0.2, 0.25) is 0 Å². The smallest absolute Gasteiger partial charge is 0.266 e. The Hall–Kier alpha value is -3.34. The molecule has 2 aromatic carbocycles. The minimum Gasteiger partial charge on any atom is -0.492 e. The standard InChI is InChI=1S/C25H26F3N3O4S/c1-25(2,3)14-35-22-8-6-17(36(4,33)34)10-19(22)24(32)30-11-15-12-31(29-21(15)13-30)16-5-7-20(26)18(9-16)23(27)28/h5-10,12,23H,11,13-14H2,1-4H3. The zero-order chi connectivity index (χ0) is 26.4. The third-order valence-corrected chi connectivity index (χ3v) is 6.73. The molecule has 0 fully saturated rings. The predicted molar refractivity (Wildman–Crippen MR) is 127 cm³/mol. The van der Waals surface area contributed by atoms with Crippen LogP contribution in [0.3, 0.4) is 0 Å². The van der Waals surface area contributed by atoms with Gasteiger partial charge in [-0.3, -0.25) is 4.79 Å². The van der Waals surface area contributed by atoms with Crippen LogP contribution in [0.25, 0.3) is 5.69 Å². The maximum atomic E-state index is 13.7. The van der Waals surface area contributed by atoms with Crippen LogP contribution in [-0.2, 0) is 22.9 Å². The number of carbonyl (C=O) groups is 1. The molecule has 0 aliphatic carbocycles. The van der Waals surface area contributed by atoms with Gasteiger partial charge in [0.15, 0.2) is 9.84 Å². The van der Waals surface area contributed by atoms with E-state index in [1.807, 2.05) is 20.8 Å². The van der Waals surface area contributed by atoms with E-state index >= 15 is 0 Å². The van der Waals surface area contributed by atoms with Gasteiger partial charge in [-0.2, -0.15) is 5.10 Å². The van der Waals surface area contributed by atoms with Gasteiger partial charge in [0.05, 0.1) is 40.6 Å². The summed E-state index contributed by atoms with van der Waals surface area (Å²) in [5, 5.41) is 4.39. The van der Waals surface area contributed by atoms with Crippen LogP contribution >= 0.6 is 0 Å². The highest BCUT2D eigenvalue weighted by Gasteiger charge is 2.30. The number of ether oxygens (including phenoxy) is 1. The SMILES string of the molecule is CC(C)(C)COc1ccc(S(C)(=O)=O)cc1C(=O)N1Cc2cn(-c3ccc(F)c(C(F)F)c3)nc2C1. The first-order valence-corrected chi connectivity index (χ1v) is 13.0. The molecule has 1 aliphatic rings. The maximum absolute atomic E-state index is 13.7. The summed E-state index contributed by atoms with van der Waals surface area (Å²) in [5.74, 6) is -1.13. The van der Waals surface area contributed by atoms with Crippen LogP contribution in [-0.4, -0.2) is 41.9 Å². The summed E-state index contributed by atoms with van der Waals surface area (Å²) < 4.78 is 71.3. The molecular weight excluding hydrogens is 495 g/mol. The number of amides is 1. The molecule has 1 aromatic heterocycles. The van der Waals surface area contributed by atoms with Crippen LogP contribution in [0.1, 0.15) is 54.4 Å². The van der Waals surface area contributed by atoms with E-state index in [4.69, 9.17) is 4.74 Å². The van der Waals surface area contributed by atoms with Crippen molar-refractivity contribution in [2.45, 2.75) is 45.2 Å². The van der Waals surface area contributed by atoms with Gasteiger partial charge >= 0.3 is 0 Å². The number of hydrogen-bond acceptors (Lipinski definition) is 5. The zero-order valence-corrected chi connectivity index (χ0v) is 21.1. The number of aromatic nitrogens is 2. The highest BCUT2D eigenvalue weighted by atomic mass is 32.2. The Balaban J connectivity index is 1.60. The van der Waals surface area contributed by atoms with Gasteiger partial charge in [0.25, 0.3) is 12.3 Å². The van der Waals surface area contributed by atoms with Gasteiger partial charge in [0, 0.05) is 24.6 Å². The number of fused-ring (bicyclic) bond motifs is 1. The van der Waals surface area contributed by atoms with Crippen LogP contribution in [0.15, 0.2) is 47.5 Å². The van der Waals surface area contributed by atoms with Crippen molar-refractivity contribution in [1.29, 1.82) is 0 Å². The van der Waals surface area contributed by atoms with Crippen molar-refractivity contribution < 1.29 is 31.1 Å². The highest BCUT2D eigenvalue weighted by molar-refractivity contribution is 7.90. The topological polar surface area (TPSA) is 81.5 Å². The highest BCUT2D eigenvalue weighted by Crippen LogP contribution is 2.31. The van der Waals surface area contributed by atoms with Gasteiger partial charge < -0.3 is 9.64 Å². The molecule has 11 heteroatoms. The summed E-state index contributed by atoms with van der Waals surface area (Å²) in [7, 11) is -3.56. The number of halogens is 3. The Kier molecular flexibility index (Phi) is 6.63. The fourth-order valence-electron chi connectivity index (χ4n) is 3.77. The zero-order valence-electron chi connectivity index (χ0n) is 20.3. The van der Waals surface area contributed by atoms with E-state index < -0.39 is 33.6 Å². The normalized spacial score (nSPS) is 13.8. The van der Waals surface area contributed by atoms with E-state index in [2.05, 4.69) is 5.10 Å². The van der Waals surface area contributed by atoms with Crippen molar-refractivity contribution in [3.05, 3.63) is 70.8 Å². The lowest BCUT2D eigenvalue weighted by molar-refractivity contribution is 0.0741. The summed E-state index contributed by atoms with van der Waals surface area (Å²) >= 11 is 0. The molecule has 0 saturated heterocycles. The quantitative estimate of drug-likeness (QED) is 0.459. The molecule has 0 radical (unpaired) electrons. The maximum Gasteiger partial charge on any atom is 0.266 e. The molecule has 192 valence electrons. The third kappa shape index (κ3) is 5.40. The third-order valence-electron chi connectivity index (χ3n) is 5.62. The van der Waals surface area contributed by atoms with Crippen molar-refractivity contribution in [2.75, 3.05) is 12.9 Å². The number of alkyl halides is 2. The second kappa shape index (κ2) is 9.27. The molecular formula is C25H26F3N3O4S. The van der Waals surface area contributed by atoms with Crippen molar-refractivity contribution in [3.8, 4) is 11.4 Å². The minimum atomic E-state index is -3.56. The number of sulfone groups is 1. The molecule has 2 heterocycles. The lowest BCUT2D eigenvalue weighted by atomic mass is 9.98. The van der Waals surface area contributed by atoms with Gasteiger partial charge in [0.1, 0.15) is 11.6 Å². The summed E-state index contributed by atoms with van der Waals surface area (Å²) in [6.45, 7) is 6.55.